The van der Waals surface area contributed by atoms with Crippen molar-refractivity contribution in [3.63, 3.8) is 0 Å². The Morgan fingerprint density at radius 2 is 2.12 bits per heavy atom. The molecule has 0 bridgehead atoms. The van der Waals surface area contributed by atoms with Crippen LogP contribution in [0.5, 0.6) is 0 Å². The number of aryl methyl sites for hydroxylation is 1. The number of hydrogen-bond donors (Lipinski definition) is 1. The summed E-state index contributed by atoms with van der Waals surface area (Å²) in [5, 5.41) is 7.88. The summed E-state index contributed by atoms with van der Waals surface area (Å²) in [6, 6.07) is 4.17. The van der Waals surface area contributed by atoms with Crippen molar-refractivity contribution in [1.29, 1.82) is 0 Å². The fourth-order valence-corrected chi connectivity index (χ4v) is 2.38. The molecule has 0 radical (unpaired) electrons. The molecule has 0 amide bonds. The van der Waals surface area contributed by atoms with Crippen LogP contribution in [0, 0.1) is 12.8 Å². The highest BCUT2D eigenvalue weighted by Crippen LogP contribution is 2.41. The van der Waals surface area contributed by atoms with E-state index < -0.39 is 0 Å². The molecule has 90 valence electrons. The van der Waals surface area contributed by atoms with Gasteiger partial charge in [-0.2, -0.15) is 9.61 Å². The molecule has 1 saturated carbocycles. The molecule has 4 heteroatoms. The minimum absolute atomic E-state index is 0.132. The second-order valence-corrected chi connectivity index (χ2v) is 5.57. The van der Waals surface area contributed by atoms with Gasteiger partial charge in [0.05, 0.1) is 0 Å². The van der Waals surface area contributed by atoms with Crippen LogP contribution in [0.25, 0.3) is 5.65 Å². The van der Waals surface area contributed by atoms with Gasteiger partial charge in [0, 0.05) is 5.54 Å². The summed E-state index contributed by atoms with van der Waals surface area (Å²) in [5.41, 5.74) is 2.24. The molecule has 0 spiro atoms. The summed E-state index contributed by atoms with van der Waals surface area (Å²) < 4.78 is 1.87. The van der Waals surface area contributed by atoms with E-state index in [1.165, 1.54) is 18.4 Å². The smallest absolute Gasteiger partial charge is 0.157 e. The van der Waals surface area contributed by atoms with E-state index in [0.717, 1.165) is 17.4 Å². The Morgan fingerprint density at radius 1 is 1.35 bits per heavy atom. The van der Waals surface area contributed by atoms with E-state index in [1.807, 2.05) is 10.6 Å². The predicted octanol–water partition coefficient (Wildman–Crippen LogP) is 2.64. The molecular formula is C13H18N4. The van der Waals surface area contributed by atoms with Gasteiger partial charge in [0.25, 0.3) is 0 Å². The molecule has 1 fully saturated rings. The van der Waals surface area contributed by atoms with Gasteiger partial charge in [0.1, 0.15) is 12.1 Å². The van der Waals surface area contributed by atoms with E-state index in [9.17, 15) is 0 Å². The summed E-state index contributed by atoms with van der Waals surface area (Å²) in [6.07, 6.45) is 4.25. The Balaban J connectivity index is 2.01. The Hall–Kier alpha value is -1.58. The number of anilines is 1. The number of hydrogen-bond acceptors (Lipinski definition) is 3. The highest BCUT2D eigenvalue weighted by molar-refractivity contribution is 5.52. The molecule has 1 N–H and O–H groups in total. The fourth-order valence-electron chi connectivity index (χ4n) is 2.38. The second-order valence-electron chi connectivity index (χ2n) is 5.57. The van der Waals surface area contributed by atoms with Gasteiger partial charge in [-0.3, -0.25) is 0 Å². The Bertz CT molecular complexity index is 552. The van der Waals surface area contributed by atoms with Crippen molar-refractivity contribution in [1.82, 2.24) is 14.6 Å². The molecule has 0 saturated heterocycles. The molecule has 2 aromatic heterocycles. The van der Waals surface area contributed by atoms with Gasteiger partial charge in [-0.1, -0.05) is 0 Å². The summed E-state index contributed by atoms with van der Waals surface area (Å²) >= 11 is 0. The molecule has 0 aliphatic heterocycles. The molecular weight excluding hydrogens is 212 g/mol. The van der Waals surface area contributed by atoms with E-state index in [1.54, 1.807) is 6.33 Å². The van der Waals surface area contributed by atoms with Crippen molar-refractivity contribution in [2.75, 3.05) is 5.32 Å². The summed E-state index contributed by atoms with van der Waals surface area (Å²) in [7, 11) is 0. The lowest BCUT2D eigenvalue weighted by Crippen LogP contribution is -2.34. The van der Waals surface area contributed by atoms with Crippen LogP contribution in [-0.4, -0.2) is 20.1 Å². The molecule has 17 heavy (non-hydrogen) atoms. The van der Waals surface area contributed by atoms with Crippen LogP contribution in [0.3, 0.4) is 0 Å². The number of pyridine rings is 1. The van der Waals surface area contributed by atoms with E-state index in [0.29, 0.717) is 0 Å². The third kappa shape index (κ3) is 1.88. The van der Waals surface area contributed by atoms with E-state index in [2.05, 4.69) is 42.2 Å². The number of rotatable bonds is 3. The number of nitrogens with zero attached hydrogens (tertiary/aromatic N) is 3. The molecule has 1 aliphatic rings. The van der Waals surface area contributed by atoms with Crippen LogP contribution >= 0.6 is 0 Å². The largest absolute Gasteiger partial charge is 0.365 e. The Kier molecular flexibility index (Phi) is 2.15. The lowest BCUT2D eigenvalue weighted by Gasteiger charge is -2.27. The van der Waals surface area contributed by atoms with Gasteiger partial charge in [-0.05, 0) is 57.2 Å². The highest BCUT2D eigenvalue weighted by atomic mass is 15.3. The normalized spacial score (nSPS) is 16.4. The van der Waals surface area contributed by atoms with Gasteiger partial charge in [-0.25, -0.2) is 4.98 Å². The molecule has 3 rings (SSSR count). The van der Waals surface area contributed by atoms with Crippen LogP contribution in [-0.2, 0) is 0 Å². The minimum Gasteiger partial charge on any atom is -0.365 e. The molecule has 2 heterocycles. The van der Waals surface area contributed by atoms with Gasteiger partial charge in [0.15, 0.2) is 5.65 Å². The summed E-state index contributed by atoms with van der Waals surface area (Å²) in [4.78, 5) is 4.24. The first-order valence-electron chi connectivity index (χ1n) is 6.15. The maximum Gasteiger partial charge on any atom is 0.157 e. The number of fused-ring (bicyclic) bond motifs is 1. The van der Waals surface area contributed by atoms with Gasteiger partial charge < -0.3 is 5.32 Å². The van der Waals surface area contributed by atoms with E-state index in [4.69, 9.17) is 0 Å². The van der Waals surface area contributed by atoms with Crippen molar-refractivity contribution in [2.45, 2.75) is 39.2 Å². The van der Waals surface area contributed by atoms with Crippen molar-refractivity contribution in [3.05, 3.63) is 24.0 Å². The molecule has 2 aromatic rings. The average molecular weight is 230 g/mol. The van der Waals surface area contributed by atoms with Crippen molar-refractivity contribution >= 4 is 11.5 Å². The van der Waals surface area contributed by atoms with Crippen LogP contribution in [0.1, 0.15) is 32.3 Å². The van der Waals surface area contributed by atoms with Crippen LogP contribution < -0.4 is 5.32 Å². The number of nitrogens with one attached hydrogen (secondary N) is 1. The fraction of sp³-hybridized carbons (Fsp3) is 0.538. The highest BCUT2D eigenvalue weighted by Gasteiger charge is 2.38. The Labute approximate surface area is 101 Å². The van der Waals surface area contributed by atoms with Crippen LogP contribution in [0.4, 0.5) is 5.82 Å². The first-order valence-corrected chi connectivity index (χ1v) is 6.15. The van der Waals surface area contributed by atoms with Crippen LogP contribution in [0.15, 0.2) is 18.5 Å². The first-order chi connectivity index (χ1) is 8.06. The molecule has 1 aliphatic carbocycles. The molecule has 0 atom stereocenters. The minimum atomic E-state index is 0.132. The standard InChI is InChI=1S/C13H18N4/c1-9-6-11-14-8-15-17(11)12(7-9)16-13(2,3)10-4-5-10/h6-8,10,16H,4-5H2,1-3H3. The maximum absolute atomic E-state index is 4.27. The van der Waals surface area contributed by atoms with Gasteiger partial charge in [-0.15, -0.1) is 0 Å². The Morgan fingerprint density at radius 3 is 2.82 bits per heavy atom. The lowest BCUT2D eigenvalue weighted by atomic mass is 9.99. The van der Waals surface area contributed by atoms with Gasteiger partial charge in [0.2, 0.25) is 0 Å². The zero-order valence-electron chi connectivity index (χ0n) is 10.6. The zero-order valence-corrected chi connectivity index (χ0v) is 10.6. The van der Waals surface area contributed by atoms with E-state index in [-0.39, 0.29) is 5.54 Å². The second kappa shape index (κ2) is 3.45. The zero-order chi connectivity index (χ0) is 12.0. The number of aromatic nitrogens is 3. The van der Waals surface area contributed by atoms with Crippen molar-refractivity contribution in [2.24, 2.45) is 5.92 Å². The van der Waals surface area contributed by atoms with E-state index >= 15 is 0 Å². The summed E-state index contributed by atoms with van der Waals surface area (Å²) in [6.45, 7) is 6.61. The molecule has 0 unspecified atom stereocenters. The maximum atomic E-state index is 4.27. The first kappa shape index (κ1) is 10.6. The third-order valence-corrected chi connectivity index (χ3v) is 3.57. The topological polar surface area (TPSA) is 42.2 Å². The monoisotopic (exact) mass is 230 g/mol. The SMILES string of the molecule is Cc1cc(NC(C)(C)C2CC2)n2ncnc2c1. The average Bonchev–Trinajstić information content (AvgIpc) is 2.99. The summed E-state index contributed by atoms with van der Waals surface area (Å²) in [5.74, 6) is 1.82. The van der Waals surface area contributed by atoms with Crippen molar-refractivity contribution in [3.8, 4) is 0 Å². The van der Waals surface area contributed by atoms with Gasteiger partial charge >= 0.3 is 0 Å². The predicted molar refractivity (Wildman–Crippen MR) is 68.1 cm³/mol. The quantitative estimate of drug-likeness (QED) is 0.881. The lowest BCUT2D eigenvalue weighted by molar-refractivity contribution is 0.491. The molecule has 4 nitrogen and oxygen atoms in total. The molecule has 0 aromatic carbocycles. The van der Waals surface area contributed by atoms with Crippen LogP contribution in [0.2, 0.25) is 0 Å². The third-order valence-electron chi connectivity index (χ3n) is 3.57. The van der Waals surface area contributed by atoms with Crippen molar-refractivity contribution < 1.29 is 0 Å².